The van der Waals surface area contributed by atoms with Crippen LogP contribution in [0.5, 0.6) is 0 Å². The van der Waals surface area contributed by atoms with Gasteiger partial charge in [0.05, 0.1) is 19.3 Å². The zero-order valence-electron chi connectivity index (χ0n) is 10.8. The Kier molecular flexibility index (Phi) is 6.52. The second-order valence-corrected chi connectivity index (χ2v) is 4.49. The molecule has 2 heteroatoms. The summed E-state index contributed by atoms with van der Waals surface area (Å²) in [6.45, 7) is 7.96. The summed E-state index contributed by atoms with van der Waals surface area (Å²) in [5, 5.41) is 0. The van der Waals surface area contributed by atoms with Crippen LogP contribution in [0.15, 0.2) is 0 Å². The Labute approximate surface area is 99.7 Å². The van der Waals surface area contributed by atoms with E-state index in [-0.39, 0.29) is 6.10 Å². The molecule has 1 heterocycles. The molecule has 1 aliphatic rings. The minimum atomic E-state index is 0.110. The summed E-state index contributed by atoms with van der Waals surface area (Å²) in [4.78, 5) is 0. The van der Waals surface area contributed by atoms with Gasteiger partial charge >= 0.3 is 0 Å². The van der Waals surface area contributed by atoms with E-state index in [0.29, 0.717) is 12.0 Å². The summed E-state index contributed by atoms with van der Waals surface area (Å²) in [5.41, 5.74) is 0. The van der Waals surface area contributed by atoms with Gasteiger partial charge < -0.3 is 9.47 Å². The van der Waals surface area contributed by atoms with Crippen LogP contribution in [-0.2, 0) is 9.47 Å². The second-order valence-electron chi connectivity index (χ2n) is 4.49. The molecule has 16 heavy (non-hydrogen) atoms. The molecule has 0 N–H and O–H groups in total. The standard InChI is InChI=1S/C14H24O2/c1-4-6-7-14(5-2)16-11-13-9-8-12(3)15-10-13/h12-14H,4-5,8-11H2,1-3H3. The van der Waals surface area contributed by atoms with Crippen LogP contribution in [0.4, 0.5) is 0 Å². The van der Waals surface area contributed by atoms with E-state index in [0.717, 1.165) is 32.5 Å². The van der Waals surface area contributed by atoms with Gasteiger partial charge in [0, 0.05) is 12.3 Å². The van der Waals surface area contributed by atoms with Gasteiger partial charge in [-0.2, -0.15) is 0 Å². The zero-order valence-corrected chi connectivity index (χ0v) is 10.8. The minimum absolute atomic E-state index is 0.110. The first kappa shape index (κ1) is 13.5. The summed E-state index contributed by atoms with van der Waals surface area (Å²) in [7, 11) is 0. The van der Waals surface area contributed by atoms with Gasteiger partial charge in [-0.3, -0.25) is 0 Å². The van der Waals surface area contributed by atoms with E-state index in [9.17, 15) is 0 Å². The molecule has 0 radical (unpaired) electrons. The first-order valence-electron chi connectivity index (χ1n) is 6.47. The quantitative estimate of drug-likeness (QED) is 0.683. The number of ether oxygens (including phenoxy) is 2. The van der Waals surface area contributed by atoms with Crippen molar-refractivity contribution < 1.29 is 9.47 Å². The van der Waals surface area contributed by atoms with Crippen molar-refractivity contribution in [1.82, 2.24) is 0 Å². The third-order valence-electron chi connectivity index (χ3n) is 2.94. The molecule has 0 aromatic heterocycles. The van der Waals surface area contributed by atoms with Crippen LogP contribution in [-0.4, -0.2) is 25.4 Å². The number of hydrogen-bond donors (Lipinski definition) is 0. The molecule has 2 nitrogen and oxygen atoms in total. The van der Waals surface area contributed by atoms with Crippen molar-refractivity contribution in [2.45, 2.75) is 58.7 Å². The van der Waals surface area contributed by atoms with Crippen molar-refractivity contribution in [1.29, 1.82) is 0 Å². The van der Waals surface area contributed by atoms with Gasteiger partial charge in [0.25, 0.3) is 0 Å². The van der Waals surface area contributed by atoms with E-state index >= 15 is 0 Å². The molecule has 0 aromatic carbocycles. The molecule has 1 saturated heterocycles. The molecule has 0 spiro atoms. The molecule has 1 aliphatic heterocycles. The van der Waals surface area contributed by atoms with Crippen LogP contribution in [0.3, 0.4) is 0 Å². The fourth-order valence-electron chi connectivity index (χ4n) is 1.80. The summed E-state index contributed by atoms with van der Waals surface area (Å²) >= 11 is 0. The van der Waals surface area contributed by atoms with E-state index in [1.54, 1.807) is 0 Å². The molecular formula is C14H24O2. The summed E-state index contributed by atoms with van der Waals surface area (Å²) in [5.74, 6) is 6.81. The Morgan fingerprint density at radius 2 is 2.19 bits per heavy atom. The highest BCUT2D eigenvalue weighted by Crippen LogP contribution is 2.19. The Morgan fingerprint density at radius 1 is 1.38 bits per heavy atom. The smallest absolute Gasteiger partial charge is 0.117 e. The average Bonchev–Trinajstić information content (AvgIpc) is 2.32. The molecular weight excluding hydrogens is 200 g/mol. The molecule has 0 aromatic rings. The van der Waals surface area contributed by atoms with E-state index in [1.807, 2.05) is 0 Å². The zero-order chi connectivity index (χ0) is 11.8. The predicted octanol–water partition coefficient (Wildman–Crippen LogP) is 3.01. The van der Waals surface area contributed by atoms with Crippen molar-refractivity contribution in [2.75, 3.05) is 13.2 Å². The molecule has 0 aliphatic carbocycles. The lowest BCUT2D eigenvalue weighted by atomic mass is 10.00. The van der Waals surface area contributed by atoms with Crippen molar-refractivity contribution in [3.8, 4) is 11.8 Å². The van der Waals surface area contributed by atoms with Gasteiger partial charge in [-0.15, -0.1) is 5.92 Å². The van der Waals surface area contributed by atoms with Crippen LogP contribution in [0.1, 0.15) is 46.5 Å². The third-order valence-corrected chi connectivity index (χ3v) is 2.94. The molecule has 0 saturated carbocycles. The van der Waals surface area contributed by atoms with Crippen LogP contribution in [0, 0.1) is 17.8 Å². The summed E-state index contributed by atoms with van der Waals surface area (Å²) in [6, 6.07) is 0. The first-order valence-corrected chi connectivity index (χ1v) is 6.47. The molecule has 1 fully saturated rings. The molecule has 3 unspecified atom stereocenters. The maximum absolute atomic E-state index is 5.81. The van der Waals surface area contributed by atoms with Gasteiger partial charge in [-0.05, 0) is 26.2 Å². The molecule has 3 atom stereocenters. The van der Waals surface area contributed by atoms with Crippen molar-refractivity contribution >= 4 is 0 Å². The van der Waals surface area contributed by atoms with Crippen molar-refractivity contribution in [3.05, 3.63) is 0 Å². The Balaban J connectivity index is 2.22. The molecule has 0 bridgehead atoms. The summed E-state index contributed by atoms with van der Waals surface area (Å²) < 4.78 is 11.4. The highest BCUT2D eigenvalue weighted by molar-refractivity contribution is 5.04. The lowest BCUT2D eigenvalue weighted by Gasteiger charge is -2.27. The molecule has 0 amide bonds. The van der Waals surface area contributed by atoms with Crippen molar-refractivity contribution in [3.63, 3.8) is 0 Å². The Morgan fingerprint density at radius 3 is 2.75 bits per heavy atom. The maximum atomic E-state index is 5.81. The van der Waals surface area contributed by atoms with Crippen LogP contribution >= 0.6 is 0 Å². The normalized spacial score (nSPS) is 26.9. The van der Waals surface area contributed by atoms with E-state index in [4.69, 9.17) is 9.47 Å². The first-order chi connectivity index (χ1) is 7.76. The van der Waals surface area contributed by atoms with Gasteiger partial charge in [-0.25, -0.2) is 0 Å². The average molecular weight is 224 g/mol. The van der Waals surface area contributed by atoms with Gasteiger partial charge in [0.1, 0.15) is 6.10 Å². The van der Waals surface area contributed by atoms with Crippen LogP contribution in [0.2, 0.25) is 0 Å². The van der Waals surface area contributed by atoms with Gasteiger partial charge in [-0.1, -0.05) is 19.8 Å². The highest BCUT2D eigenvalue weighted by Gasteiger charge is 2.19. The lowest BCUT2D eigenvalue weighted by Crippen LogP contribution is -2.28. The second kappa shape index (κ2) is 7.70. The van der Waals surface area contributed by atoms with Crippen molar-refractivity contribution in [2.24, 2.45) is 5.92 Å². The topological polar surface area (TPSA) is 18.5 Å². The highest BCUT2D eigenvalue weighted by atomic mass is 16.5. The van der Waals surface area contributed by atoms with Gasteiger partial charge in [0.15, 0.2) is 0 Å². The Hall–Kier alpha value is -0.520. The predicted molar refractivity (Wildman–Crippen MR) is 66.2 cm³/mol. The lowest BCUT2D eigenvalue weighted by molar-refractivity contribution is -0.0418. The fraction of sp³-hybridized carbons (Fsp3) is 0.857. The van der Waals surface area contributed by atoms with E-state index < -0.39 is 0 Å². The number of rotatable bonds is 4. The molecule has 1 rings (SSSR count). The minimum Gasteiger partial charge on any atom is -0.378 e. The van der Waals surface area contributed by atoms with Crippen LogP contribution in [0.25, 0.3) is 0 Å². The SMILES string of the molecule is CCC#CC(CC)OCC1CCC(C)OC1. The summed E-state index contributed by atoms with van der Waals surface area (Å²) in [6.07, 6.45) is 4.79. The fourth-order valence-corrected chi connectivity index (χ4v) is 1.80. The number of hydrogen-bond acceptors (Lipinski definition) is 2. The third kappa shape index (κ3) is 5.01. The van der Waals surface area contributed by atoms with Crippen LogP contribution < -0.4 is 0 Å². The Bertz CT molecular complexity index is 231. The van der Waals surface area contributed by atoms with Gasteiger partial charge in [0.2, 0.25) is 0 Å². The largest absolute Gasteiger partial charge is 0.378 e. The van der Waals surface area contributed by atoms with E-state index in [1.165, 1.54) is 6.42 Å². The molecule has 92 valence electrons. The van der Waals surface area contributed by atoms with E-state index in [2.05, 4.69) is 32.6 Å². The maximum Gasteiger partial charge on any atom is 0.117 e. The monoisotopic (exact) mass is 224 g/mol.